The van der Waals surface area contributed by atoms with Gasteiger partial charge in [0, 0.05) is 32.1 Å². The normalized spacial score (nSPS) is 11.9. The summed E-state index contributed by atoms with van der Waals surface area (Å²) in [6, 6.07) is 13.0. The predicted molar refractivity (Wildman–Crippen MR) is 100 cm³/mol. The van der Waals surface area contributed by atoms with E-state index in [1.807, 2.05) is 18.2 Å². The molecule has 0 bridgehead atoms. The van der Waals surface area contributed by atoms with E-state index >= 15 is 0 Å². The largest absolute Gasteiger partial charge is 0.383 e. The van der Waals surface area contributed by atoms with E-state index in [1.165, 1.54) is 7.11 Å². The van der Waals surface area contributed by atoms with Gasteiger partial charge in [0.25, 0.3) is 0 Å². The minimum Gasteiger partial charge on any atom is -0.383 e. The molecule has 138 valence electrons. The number of aromatic amines is 1. The molecule has 0 aliphatic rings. The number of methoxy groups -OCH3 is 1. The van der Waals surface area contributed by atoms with Gasteiger partial charge in [-0.1, -0.05) is 24.3 Å². The zero-order valence-electron chi connectivity index (χ0n) is 14.5. The van der Waals surface area contributed by atoms with Crippen molar-refractivity contribution in [3.05, 3.63) is 59.8 Å². The Morgan fingerprint density at radius 3 is 2.58 bits per heavy atom. The lowest BCUT2D eigenvalue weighted by Gasteiger charge is -2.08. The Hall–Kier alpha value is -2.26. The van der Waals surface area contributed by atoms with Gasteiger partial charge in [0.05, 0.1) is 23.2 Å². The molecule has 0 fully saturated rings. The molecule has 1 heterocycles. The lowest BCUT2D eigenvalue weighted by Crippen LogP contribution is -2.27. The van der Waals surface area contributed by atoms with Crippen molar-refractivity contribution in [2.45, 2.75) is 18.0 Å². The maximum atomic E-state index is 12.1. The van der Waals surface area contributed by atoms with E-state index < -0.39 is 10.0 Å². The van der Waals surface area contributed by atoms with Crippen molar-refractivity contribution in [1.29, 1.82) is 0 Å². The van der Waals surface area contributed by atoms with E-state index in [2.05, 4.69) is 32.4 Å². The number of hydrogen-bond donors (Lipinski definition) is 3. The fourth-order valence-electron chi connectivity index (χ4n) is 2.59. The molecule has 0 radical (unpaired) electrons. The van der Waals surface area contributed by atoms with Crippen molar-refractivity contribution in [3.8, 4) is 0 Å². The molecule has 2 aromatic carbocycles. The average molecular weight is 374 g/mol. The van der Waals surface area contributed by atoms with Crippen LogP contribution in [0.25, 0.3) is 10.9 Å². The Balaban J connectivity index is 1.54. The molecule has 0 spiro atoms. The van der Waals surface area contributed by atoms with E-state index in [9.17, 15) is 8.42 Å². The number of hydrogen-bond acceptors (Lipinski definition) is 5. The highest BCUT2D eigenvalue weighted by Crippen LogP contribution is 2.13. The van der Waals surface area contributed by atoms with Gasteiger partial charge in [-0.15, -0.1) is 0 Å². The number of ether oxygens (including phenoxy) is 1. The van der Waals surface area contributed by atoms with E-state index in [0.29, 0.717) is 19.7 Å². The van der Waals surface area contributed by atoms with Crippen LogP contribution in [0.4, 0.5) is 0 Å². The third-order valence-electron chi connectivity index (χ3n) is 4.00. The minimum absolute atomic E-state index is 0.252. The fourth-order valence-corrected chi connectivity index (χ4v) is 3.61. The van der Waals surface area contributed by atoms with Gasteiger partial charge < -0.3 is 10.1 Å². The highest BCUT2D eigenvalue weighted by molar-refractivity contribution is 7.89. The van der Waals surface area contributed by atoms with Crippen molar-refractivity contribution in [2.24, 2.45) is 0 Å². The summed E-state index contributed by atoms with van der Waals surface area (Å²) < 4.78 is 31.6. The van der Waals surface area contributed by atoms with Crippen LogP contribution in [0.2, 0.25) is 0 Å². The van der Waals surface area contributed by atoms with Gasteiger partial charge >= 0.3 is 0 Å². The predicted octanol–water partition coefficient (Wildman–Crippen LogP) is 1.78. The van der Waals surface area contributed by atoms with Gasteiger partial charge in [0.1, 0.15) is 0 Å². The Morgan fingerprint density at radius 1 is 1.08 bits per heavy atom. The van der Waals surface area contributed by atoms with Gasteiger partial charge in [-0.05, 0) is 29.3 Å². The van der Waals surface area contributed by atoms with Crippen molar-refractivity contribution < 1.29 is 13.2 Å². The molecule has 0 saturated heterocycles. The summed E-state index contributed by atoms with van der Waals surface area (Å²) in [4.78, 5) is 0.252. The van der Waals surface area contributed by atoms with Crippen molar-refractivity contribution in [2.75, 3.05) is 20.3 Å². The minimum atomic E-state index is -3.49. The first-order valence-corrected chi connectivity index (χ1v) is 9.77. The van der Waals surface area contributed by atoms with Crippen LogP contribution in [-0.4, -0.2) is 38.9 Å². The molecule has 1 aromatic heterocycles. The van der Waals surface area contributed by atoms with E-state index in [0.717, 1.165) is 22.0 Å². The summed E-state index contributed by atoms with van der Waals surface area (Å²) in [5, 5.41) is 11.4. The number of aromatic nitrogens is 2. The fraction of sp³-hybridized carbons (Fsp3) is 0.278. The monoisotopic (exact) mass is 374 g/mol. The van der Waals surface area contributed by atoms with Crippen molar-refractivity contribution >= 4 is 20.9 Å². The first-order valence-electron chi connectivity index (χ1n) is 8.29. The molecule has 3 rings (SSSR count). The third kappa shape index (κ3) is 4.67. The Morgan fingerprint density at radius 2 is 1.81 bits per heavy atom. The van der Waals surface area contributed by atoms with Crippen LogP contribution in [0.5, 0.6) is 0 Å². The molecule has 8 heteroatoms. The first-order chi connectivity index (χ1) is 12.6. The van der Waals surface area contributed by atoms with E-state index in [-0.39, 0.29) is 11.4 Å². The summed E-state index contributed by atoms with van der Waals surface area (Å²) in [5.41, 5.74) is 3.19. The summed E-state index contributed by atoms with van der Waals surface area (Å²) >= 11 is 0. The molecule has 3 N–H and O–H groups in total. The molecular formula is C18H22N4O3S. The topological polar surface area (TPSA) is 96.1 Å². The van der Waals surface area contributed by atoms with Crippen LogP contribution in [0.15, 0.2) is 53.6 Å². The van der Waals surface area contributed by atoms with Crippen molar-refractivity contribution in [1.82, 2.24) is 20.2 Å². The maximum absolute atomic E-state index is 12.1. The summed E-state index contributed by atoms with van der Waals surface area (Å²) in [5.74, 6) is 0. The Kier molecular flexibility index (Phi) is 6.00. The second kappa shape index (κ2) is 8.41. The second-order valence-electron chi connectivity index (χ2n) is 5.93. The molecule has 0 saturated carbocycles. The Bertz CT molecular complexity index is 952. The third-order valence-corrected chi connectivity index (χ3v) is 5.47. The average Bonchev–Trinajstić information content (AvgIpc) is 3.10. The van der Waals surface area contributed by atoms with Crippen LogP contribution in [0.3, 0.4) is 0 Å². The van der Waals surface area contributed by atoms with Gasteiger partial charge in [-0.2, -0.15) is 5.10 Å². The van der Waals surface area contributed by atoms with Crippen molar-refractivity contribution in [3.63, 3.8) is 0 Å². The Labute approximate surface area is 152 Å². The van der Waals surface area contributed by atoms with E-state index in [4.69, 9.17) is 4.74 Å². The number of sulfonamides is 1. The van der Waals surface area contributed by atoms with Crippen LogP contribution in [0.1, 0.15) is 11.1 Å². The van der Waals surface area contributed by atoms with Crippen LogP contribution in [-0.2, 0) is 27.8 Å². The quantitative estimate of drug-likeness (QED) is 0.496. The highest BCUT2D eigenvalue weighted by Gasteiger charge is 2.12. The molecule has 0 unspecified atom stereocenters. The summed E-state index contributed by atoms with van der Waals surface area (Å²) in [7, 11) is -1.96. The van der Waals surface area contributed by atoms with Crippen LogP contribution in [0, 0.1) is 0 Å². The molecule has 3 aromatic rings. The molecule has 26 heavy (non-hydrogen) atoms. The second-order valence-corrected chi connectivity index (χ2v) is 7.70. The molecule has 0 aliphatic carbocycles. The highest BCUT2D eigenvalue weighted by atomic mass is 32.2. The van der Waals surface area contributed by atoms with Gasteiger partial charge in [-0.25, -0.2) is 13.1 Å². The maximum Gasteiger partial charge on any atom is 0.240 e. The summed E-state index contributed by atoms with van der Waals surface area (Å²) in [6.45, 7) is 1.96. The van der Waals surface area contributed by atoms with Crippen LogP contribution < -0.4 is 10.0 Å². The van der Waals surface area contributed by atoms with Gasteiger partial charge in [0.2, 0.25) is 10.0 Å². The SMILES string of the molecule is COCCNS(=O)(=O)c1ccc(CNCc2ccc3cn[nH]c3c2)cc1. The first kappa shape index (κ1) is 18.5. The molecule has 0 atom stereocenters. The summed E-state index contributed by atoms with van der Waals surface area (Å²) in [6.07, 6.45) is 1.80. The number of fused-ring (bicyclic) bond motifs is 1. The molecular weight excluding hydrogens is 352 g/mol. The number of H-pyrrole nitrogens is 1. The zero-order chi connectivity index (χ0) is 18.4. The van der Waals surface area contributed by atoms with Crippen LogP contribution >= 0.6 is 0 Å². The molecule has 7 nitrogen and oxygen atoms in total. The standard InChI is InChI=1S/C18H22N4O3S/c1-25-9-8-21-26(23,24)17-6-3-14(4-7-17)11-19-12-15-2-5-16-13-20-22-18(16)10-15/h2-7,10,13,19,21H,8-9,11-12H2,1H3,(H,20,22). The lowest BCUT2D eigenvalue weighted by atomic mass is 10.1. The number of nitrogens with one attached hydrogen (secondary N) is 3. The zero-order valence-corrected chi connectivity index (χ0v) is 15.3. The van der Waals surface area contributed by atoms with Gasteiger partial charge in [-0.3, -0.25) is 5.10 Å². The van der Waals surface area contributed by atoms with E-state index in [1.54, 1.807) is 18.3 Å². The lowest BCUT2D eigenvalue weighted by molar-refractivity contribution is 0.204. The molecule has 0 amide bonds. The number of nitrogens with zero attached hydrogens (tertiary/aromatic N) is 1. The number of benzene rings is 2. The van der Waals surface area contributed by atoms with Gasteiger partial charge in [0.15, 0.2) is 0 Å². The number of rotatable bonds is 9. The molecule has 0 aliphatic heterocycles. The smallest absolute Gasteiger partial charge is 0.240 e.